The zero-order chi connectivity index (χ0) is 12.8. The average Bonchev–Trinajstić information content (AvgIpc) is 2.79. The lowest BCUT2D eigenvalue weighted by Gasteiger charge is -2.29. The molecule has 0 amide bonds. The summed E-state index contributed by atoms with van der Waals surface area (Å²) in [6, 6.07) is 3.94. The maximum absolute atomic E-state index is 11.4. The molecule has 0 atom stereocenters. The van der Waals surface area contributed by atoms with Gasteiger partial charge in [0.15, 0.2) is 9.84 Å². The fourth-order valence-corrected chi connectivity index (χ4v) is 4.06. The van der Waals surface area contributed by atoms with Crippen molar-refractivity contribution in [2.24, 2.45) is 0 Å². The molecule has 2 heterocycles. The molecule has 0 unspecified atom stereocenters. The smallest absolute Gasteiger partial charge is 0.153 e. The van der Waals surface area contributed by atoms with Gasteiger partial charge in [0.2, 0.25) is 0 Å². The molecule has 18 heavy (non-hydrogen) atoms. The van der Waals surface area contributed by atoms with Crippen LogP contribution in [0.2, 0.25) is 0 Å². The van der Waals surface area contributed by atoms with Crippen LogP contribution in [-0.2, 0) is 9.84 Å². The van der Waals surface area contributed by atoms with Crippen molar-refractivity contribution in [3.05, 3.63) is 17.6 Å². The van der Waals surface area contributed by atoms with E-state index in [-0.39, 0.29) is 11.5 Å². The third kappa shape index (κ3) is 1.93. The number of nitrogens with zero attached hydrogens (tertiary/aromatic N) is 2. The van der Waals surface area contributed by atoms with Gasteiger partial charge < -0.3 is 10.6 Å². The molecule has 2 aromatic rings. The van der Waals surface area contributed by atoms with Crippen LogP contribution in [-0.4, -0.2) is 38.0 Å². The molecular weight excluding hydrogens is 270 g/mol. The topological polar surface area (TPSA) is 76.3 Å². The Morgan fingerprint density at radius 1 is 1.28 bits per heavy atom. The van der Waals surface area contributed by atoms with Crippen molar-refractivity contribution in [2.45, 2.75) is 0 Å². The van der Waals surface area contributed by atoms with Crippen LogP contribution in [0.25, 0.3) is 10.2 Å². The van der Waals surface area contributed by atoms with E-state index in [2.05, 4.69) is 4.98 Å². The second kappa shape index (κ2) is 4.10. The Bertz CT molecular complexity index is 679. The molecule has 1 aromatic heterocycles. The van der Waals surface area contributed by atoms with Crippen LogP contribution in [0.1, 0.15) is 0 Å². The Morgan fingerprint density at radius 2 is 2.00 bits per heavy atom. The highest BCUT2D eigenvalue weighted by molar-refractivity contribution is 7.91. The molecule has 0 radical (unpaired) electrons. The van der Waals surface area contributed by atoms with Crippen molar-refractivity contribution in [1.82, 2.24) is 4.98 Å². The second-order valence-electron chi connectivity index (χ2n) is 4.34. The molecule has 96 valence electrons. The molecule has 1 aromatic carbocycles. The summed E-state index contributed by atoms with van der Waals surface area (Å²) in [5, 5.41) is 0. The lowest BCUT2D eigenvalue weighted by molar-refractivity contribution is 0.587. The number of aromatic nitrogens is 1. The number of rotatable bonds is 1. The molecule has 1 aliphatic heterocycles. The number of fused-ring (bicyclic) bond motifs is 1. The molecule has 1 aliphatic rings. The fraction of sp³-hybridized carbons (Fsp3) is 0.364. The zero-order valence-electron chi connectivity index (χ0n) is 9.67. The van der Waals surface area contributed by atoms with Crippen molar-refractivity contribution >= 4 is 42.8 Å². The van der Waals surface area contributed by atoms with Crippen molar-refractivity contribution in [3.63, 3.8) is 0 Å². The highest BCUT2D eigenvalue weighted by atomic mass is 32.2. The predicted octanol–water partition coefficient (Wildman–Crippen LogP) is 1.11. The summed E-state index contributed by atoms with van der Waals surface area (Å²) in [5.41, 5.74) is 10.2. The van der Waals surface area contributed by atoms with E-state index in [1.54, 1.807) is 16.8 Å². The van der Waals surface area contributed by atoms with Crippen LogP contribution in [0.15, 0.2) is 17.6 Å². The van der Waals surface area contributed by atoms with Crippen molar-refractivity contribution in [3.8, 4) is 0 Å². The van der Waals surface area contributed by atoms with Gasteiger partial charge in [0, 0.05) is 13.1 Å². The third-order valence-electron chi connectivity index (χ3n) is 3.20. The first-order chi connectivity index (χ1) is 8.57. The summed E-state index contributed by atoms with van der Waals surface area (Å²) in [4.78, 5) is 6.27. The minimum atomic E-state index is -2.86. The van der Waals surface area contributed by atoms with Gasteiger partial charge in [-0.25, -0.2) is 13.4 Å². The van der Waals surface area contributed by atoms with Crippen LogP contribution in [0.4, 0.5) is 11.4 Å². The highest BCUT2D eigenvalue weighted by Gasteiger charge is 2.23. The van der Waals surface area contributed by atoms with Gasteiger partial charge in [-0.3, -0.25) is 0 Å². The molecule has 0 saturated carbocycles. The summed E-state index contributed by atoms with van der Waals surface area (Å²) in [6.07, 6.45) is 0. The molecule has 1 saturated heterocycles. The van der Waals surface area contributed by atoms with Gasteiger partial charge in [0.1, 0.15) is 5.52 Å². The van der Waals surface area contributed by atoms with Crippen molar-refractivity contribution in [2.75, 3.05) is 35.2 Å². The molecule has 0 bridgehead atoms. The molecule has 5 nitrogen and oxygen atoms in total. The van der Waals surface area contributed by atoms with Gasteiger partial charge in [0.25, 0.3) is 0 Å². The summed E-state index contributed by atoms with van der Waals surface area (Å²) < 4.78 is 23.9. The standard InChI is InChI=1S/C11H13N3O2S2/c12-10-8(1-2-9-11(10)13-7-17-9)14-3-5-18(15,16)6-4-14/h1-2,7H,3-6,12H2. The summed E-state index contributed by atoms with van der Waals surface area (Å²) in [6.45, 7) is 1.00. The average molecular weight is 283 g/mol. The highest BCUT2D eigenvalue weighted by Crippen LogP contribution is 2.33. The quantitative estimate of drug-likeness (QED) is 0.794. The van der Waals surface area contributed by atoms with Gasteiger partial charge in [-0.1, -0.05) is 0 Å². The maximum atomic E-state index is 11.4. The number of hydrogen-bond acceptors (Lipinski definition) is 6. The van der Waals surface area contributed by atoms with Crippen LogP contribution >= 0.6 is 11.3 Å². The number of benzene rings is 1. The van der Waals surface area contributed by atoms with Gasteiger partial charge in [-0.2, -0.15) is 0 Å². The van der Waals surface area contributed by atoms with Crippen molar-refractivity contribution < 1.29 is 8.42 Å². The first-order valence-electron chi connectivity index (χ1n) is 5.64. The van der Waals surface area contributed by atoms with E-state index in [1.165, 1.54) is 0 Å². The van der Waals surface area contributed by atoms with E-state index in [0.717, 1.165) is 15.9 Å². The van der Waals surface area contributed by atoms with E-state index in [1.807, 2.05) is 17.0 Å². The van der Waals surface area contributed by atoms with Crippen LogP contribution in [0.5, 0.6) is 0 Å². The van der Waals surface area contributed by atoms with Crippen LogP contribution < -0.4 is 10.6 Å². The number of nitrogen functional groups attached to an aromatic ring is 1. The van der Waals surface area contributed by atoms with Crippen molar-refractivity contribution in [1.29, 1.82) is 0 Å². The molecular formula is C11H13N3O2S2. The van der Waals surface area contributed by atoms with Gasteiger partial charge in [0.05, 0.1) is 33.1 Å². The maximum Gasteiger partial charge on any atom is 0.153 e. The van der Waals surface area contributed by atoms with E-state index in [0.29, 0.717) is 18.8 Å². The van der Waals surface area contributed by atoms with E-state index < -0.39 is 9.84 Å². The normalized spacial score (nSPS) is 19.2. The summed E-state index contributed by atoms with van der Waals surface area (Å²) in [7, 11) is -2.86. The Hall–Kier alpha value is -1.34. The van der Waals surface area contributed by atoms with Crippen LogP contribution in [0.3, 0.4) is 0 Å². The van der Waals surface area contributed by atoms with Gasteiger partial charge in [-0.05, 0) is 12.1 Å². The number of nitrogens with two attached hydrogens (primary N) is 1. The second-order valence-corrected chi connectivity index (χ2v) is 7.53. The third-order valence-corrected chi connectivity index (χ3v) is 5.61. The van der Waals surface area contributed by atoms with E-state index in [9.17, 15) is 8.42 Å². The SMILES string of the molecule is Nc1c(N2CCS(=O)(=O)CC2)ccc2scnc12. The Morgan fingerprint density at radius 3 is 2.72 bits per heavy atom. The molecule has 7 heteroatoms. The fourth-order valence-electron chi connectivity index (χ4n) is 2.17. The Balaban J connectivity index is 1.97. The minimum Gasteiger partial charge on any atom is -0.395 e. The number of hydrogen-bond donors (Lipinski definition) is 1. The minimum absolute atomic E-state index is 0.196. The first kappa shape index (κ1) is 11.7. The molecule has 1 fully saturated rings. The molecule has 0 aliphatic carbocycles. The molecule has 2 N–H and O–H groups in total. The first-order valence-corrected chi connectivity index (χ1v) is 8.34. The lowest BCUT2D eigenvalue weighted by Crippen LogP contribution is -2.40. The Kier molecular flexibility index (Phi) is 2.67. The lowest BCUT2D eigenvalue weighted by atomic mass is 10.2. The monoisotopic (exact) mass is 283 g/mol. The number of anilines is 2. The van der Waals surface area contributed by atoms with Gasteiger partial charge in [-0.15, -0.1) is 11.3 Å². The zero-order valence-corrected chi connectivity index (χ0v) is 11.3. The molecule has 0 spiro atoms. The summed E-state index contributed by atoms with van der Waals surface area (Å²) >= 11 is 1.55. The Labute approximate surface area is 109 Å². The molecule has 3 rings (SSSR count). The number of sulfone groups is 1. The van der Waals surface area contributed by atoms with E-state index >= 15 is 0 Å². The largest absolute Gasteiger partial charge is 0.395 e. The summed E-state index contributed by atoms with van der Waals surface area (Å²) in [5.74, 6) is 0.392. The van der Waals surface area contributed by atoms with E-state index in [4.69, 9.17) is 5.73 Å². The van der Waals surface area contributed by atoms with Gasteiger partial charge >= 0.3 is 0 Å². The van der Waals surface area contributed by atoms with Crippen LogP contribution in [0, 0.1) is 0 Å². The predicted molar refractivity (Wildman–Crippen MR) is 74.9 cm³/mol. The number of thiazole rings is 1.